The second-order valence-electron chi connectivity index (χ2n) is 3.50. The van der Waals surface area contributed by atoms with Gasteiger partial charge in [0.15, 0.2) is 0 Å². The molecule has 1 fully saturated rings. The fourth-order valence-electron chi connectivity index (χ4n) is 1.74. The summed E-state index contributed by atoms with van der Waals surface area (Å²) in [5.41, 5.74) is 0.652. The predicted octanol–water partition coefficient (Wildman–Crippen LogP) is 0.768. The van der Waals surface area contributed by atoms with E-state index in [0.29, 0.717) is 5.56 Å². The minimum Gasteiger partial charge on any atom is -0.354 e. The summed E-state index contributed by atoms with van der Waals surface area (Å²) in [5.74, 6) is 0.803. The average Bonchev–Trinajstić information content (AvgIpc) is 2.57. The van der Waals surface area contributed by atoms with Gasteiger partial charge >= 0.3 is 0 Å². The van der Waals surface area contributed by atoms with Crippen molar-refractivity contribution >= 4 is 5.82 Å². The van der Waals surface area contributed by atoms with Gasteiger partial charge < -0.3 is 4.90 Å². The van der Waals surface area contributed by atoms with Crippen molar-refractivity contribution in [2.75, 3.05) is 31.1 Å². The molecule has 0 unspecified atom stereocenters. The lowest BCUT2D eigenvalue weighted by atomic mass is 10.2. The van der Waals surface area contributed by atoms with Crippen LogP contribution in [-0.4, -0.2) is 31.2 Å². The van der Waals surface area contributed by atoms with Crippen LogP contribution in [0, 0.1) is 11.3 Å². The van der Waals surface area contributed by atoms with Gasteiger partial charge in [-0.1, -0.05) is 0 Å². The number of aromatic nitrogens is 1. The lowest BCUT2D eigenvalue weighted by molar-refractivity contribution is 0.709. The fourth-order valence-corrected chi connectivity index (χ4v) is 1.74. The Balaban J connectivity index is 2.23. The maximum atomic E-state index is 8.98. The van der Waals surface area contributed by atoms with Crippen LogP contribution in [-0.2, 0) is 0 Å². The van der Waals surface area contributed by atoms with Crippen molar-refractivity contribution in [3.8, 4) is 6.07 Å². The van der Waals surface area contributed by atoms with Crippen LogP contribution in [0.25, 0.3) is 0 Å². The number of anilines is 1. The summed E-state index contributed by atoms with van der Waals surface area (Å²) in [5, 5.41) is 13.3. The summed E-state index contributed by atoms with van der Waals surface area (Å²) in [6.07, 6.45) is 2.78. The number of nitrogens with zero attached hydrogens (tertiary/aromatic N) is 4. The zero-order chi connectivity index (χ0) is 10.5. The quantitative estimate of drug-likeness (QED) is 0.674. The highest BCUT2D eigenvalue weighted by Gasteiger charge is 2.14. The molecule has 4 nitrogen and oxygen atoms in total. The molecule has 2 rings (SSSR count). The third-order valence-electron chi connectivity index (χ3n) is 2.48. The molecule has 0 saturated carbocycles. The normalized spacial score (nSPS) is 16.9. The molecule has 1 aliphatic rings. The van der Waals surface area contributed by atoms with Crippen LogP contribution >= 0.6 is 0 Å². The number of rotatable bonds is 1. The first-order chi connectivity index (χ1) is 7.42. The molecule has 15 heavy (non-hydrogen) atoms. The van der Waals surface area contributed by atoms with Crippen LogP contribution < -0.4 is 10.2 Å². The van der Waals surface area contributed by atoms with Crippen LogP contribution in [0.2, 0.25) is 0 Å². The van der Waals surface area contributed by atoms with Crippen LogP contribution in [0.15, 0.2) is 18.3 Å². The van der Waals surface area contributed by atoms with Gasteiger partial charge in [-0.25, -0.2) is 10.3 Å². The molecule has 1 saturated heterocycles. The Kier molecular flexibility index (Phi) is 3.15. The molecule has 1 aromatic heterocycles. The van der Waals surface area contributed by atoms with E-state index in [-0.39, 0.29) is 0 Å². The summed E-state index contributed by atoms with van der Waals surface area (Å²) in [7, 11) is 0. The Bertz CT molecular complexity index is 361. The van der Waals surface area contributed by atoms with Gasteiger partial charge in [-0.3, -0.25) is 0 Å². The molecular formula is C11H13N4. The highest BCUT2D eigenvalue weighted by Crippen LogP contribution is 2.16. The van der Waals surface area contributed by atoms with E-state index in [4.69, 9.17) is 5.26 Å². The fraction of sp³-hybridized carbons (Fsp3) is 0.455. The van der Waals surface area contributed by atoms with E-state index >= 15 is 0 Å². The molecule has 4 heteroatoms. The molecule has 2 heterocycles. The lowest BCUT2D eigenvalue weighted by Crippen LogP contribution is -2.28. The minimum absolute atomic E-state index is 0.652. The molecule has 1 aromatic rings. The Morgan fingerprint density at radius 3 is 3.13 bits per heavy atom. The second-order valence-corrected chi connectivity index (χ2v) is 3.50. The van der Waals surface area contributed by atoms with E-state index in [2.05, 4.69) is 21.3 Å². The first kappa shape index (κ1) is 9.94. The third-order valence-corrected chi connectivity index (χ3v) is 2.48. The van der Waals surface area contributed by atoms with Gasteiger partial charge in [-0.05, 0) is 18.6 Å². The van der Waals surface area contributed by atoms with E-state index in [0.717, 1.165) is 38.4 Å². The number of pyridine rings is 1. The zero-order valence-corrected chi connectivity index (χ0v) is 8.56. The summed E-state index contributed by atoms with van der Waals surface area (Å²) < 4.78 is 0. The average molecular weight is 201 g/mol. The maximum absolute atomic E-state index is 8.98. The van der Waals surface area contributed by atoms with E-state index in [9.17, 15) is 0 Å². The topological polar surface area (TPSA) is 54.0 Å². The summed E-state index contributed by atoms with van der Waals surface area (Å²) >= 11 is 0. The van der Waals surface area contributed by atoms with Gasteiger partial charge in [0.05, 0.1) is 5.56 Å². The number of hydrogen-bond donors (Lipinski definition) is 0. The minimum atomic E-state index is 0.652. The van der Waals surface area contributed by atoms with Crippen molar-refractivity contribution in [1.29, 1.82) is 5.26 Å². The van der Waals surface area contributed by atoms with Crippen LogP contribution in [0.4, 0.5) is 5.82 Å². The standard InChI is InChI=1S/C11H13N4/c12-9-10-3-1-5-14-11(10)15-7-2-4-13-6-8-15/h1,3,5H,2,4,6-8H2. The van der Waals surface area contributed by atoms with E-state index in [1.165, 1.54) is 0 Å². The molecule has 0 aromatic carbocycles. The molecular weight excluding hydrogens is 188 g/mol. The van der Waals surface area contributed by atoms with Crippen molar-refractivity contribution in [3.05, 3.63) is 23.9 Å². The Labute approximate surface area is 89.5 Å². The van der Waals surface area contributed by atoms with Crippen molar-refractivity contribution in [1.82, 2.24) is 10.3 Å². The Morgan fingerprint density at radius 2 is 2.27 bits per heavy atom. The highest BCUT2D eigenvalue weighted by atomic mass is 15.2. The Hall–Kier alpha value is -1.60. The molecule has 0 N–H and O–H groups in total. The zero-order valence-electron chi connectivity index (χ0n) is 8.56. The number of hydrogen-bond acceptors (Lipinski definition) is 3. The molecule has 1 radical (unpaired) electrons. The third kappa shape index (κ3) is 2.25. The van der Waals surface area contributed by atoms with Crippen molar-refractivity contribution < 1.29 is 0 Å². The largest absolute Gasteiger partial charge is 0.354 e. The molecule has 1 aliphatic heterocycles. The summed E-state index contributed by atoms with van der Waals surface area (Å²) in [6, 6.07) is 5.78. The molecule has 0 amide bonds. The smallest absolute Gasteiger partial charge is 0.146 e. The predicted molar refractivity (Wildman–Crippen MR) is 57.7 cm³/mol. The molecule has 77 valence electrons. The molecule has 0 spiro atoms. The van der Waals surface area contributed by atoms with Crippen molar-refractivity contribution in [3.63, 3.8) is 0 Å². The summed E-state index contributed by atoms with van der Waals surface area (Å²) in [6.45, 7) is 3.56. The SMILES string of the molecule is N#Cc1cccnc1N1CCC[N]CC1. The van der Waals surface area contributed by atoms with Gasteiger partial charge in [0.1, 0.15) is 11.9 Å². The highest BCUT2D eigenvalue weighted by molar-refractivity contribution is 5.53. The molecule has 0 bridgehead atoms. The van der Waals surface area contributed by atoms with E-state index in [1.807, 2.05) is 6.07 Å². The van der Waals surface area contributed by atoms with Gasteiger partial charge in [0, 0.05) is 32.4 Å². The maximum Gasteiger partial charge on any atom is 0.146 e. The van der Waals surface area contributed by atoms with E-state index < -0.39 is 0 Å². The van der Waals surface area contributed by atoms with Crippen molar-refractivity contribution in [2.24, 2.45) is 0 Å². The summed E-state index contributed by atoms with van der Waals surface area (Å²) in [4.78, 5) is 6.42. The number of nitriles is 1. The first-order valence-electron chi connectivity index (χ1n) is 5.15. The van der Waals surface area contributed by atoms with Crippen molar-refractivity contribution in [2.45, 2.75) is 6.42 Å². The van der Waals surface area contributed by atoms with Gasteiger partial charge in [-0.2, -0.15) is 5.26 Å². The van der Waals surface area contributed by atoms with Crippen LogP contribution in [0.1, 0.15) is 12.0 Å². The van der Waals surface area contributed by atoms with Crippen LogP contribution in [0.3, 0.4) is 0 Å². The Morgan fingerprint density at radius 1 is 1.33 bits per heavy atom. The first-order valence-corrected chi connectivity index (χ1v) is 5.15. The second kappa shape index (κ2) is 4.76. The van der Waals surface area contributed by atoms with E-state index in [1.54, 1.807) is 12.3 Å². The van der Waals surface area contributed by atoms with Gasteiger partial charge in [0.2, 0.25) is 0 Å². The molecule has 0 atom stereocenters. The van der Waals surface area contributed by atoms with Gasteiger partial charge in [0.25, 0.3) is 0 Å². The van der Waals surface area contributed by atoms with Crippen LogP contribution in [0.5, 0.6) is 0 Å². The molecule has 0 aliphatic carbocycles. The lowest BCUT2D eigenvalue weighted by Gasteiger charge is -2.21. The van der Waals surface area contributed by atoms with Gasteiger partial charge in [-0.15, -0.1) is 0 Å². The monoisotopic (exact) mass is 201 g/mol.